The maximum atomic E-state index is 12.6. The molecule has 1 aliphatic rings. The van der Waals surface area contributed by atoms with Crippen molar-refractivity contribution in [1.82, 2.24) is 9.88 Å². The molecule has 0 atom stereocenters. The van der Waals surface area contributed by atoms with Crippen LogP contribution in [-0.2, 0) is 0 Å². The highest BCUT2D eigenvalue weighted by Gasteiger charge is 2.18. The molecule has 0 spiro atoms. The van der Waals surface area contributed by atoms with E-state index in [4.69, 9.17) is 0 Å². The summed E-state index contributed by atoms with van der Waals surface area (Å²) in [6.45, 7) is 5.87. The Labute approximate surface area is 143 Å². The average Bonchev–Trinajstić information content (AvgIpc) is 2.88. The van der Waals surface area contributed by atoms with Crippen molar-refractivity contribution in [3.05, 3.63) is 53.3 Å². The molecule has 126 valence electrons. The number of hydrogen-bond acceptors (Lipinski definition) is 3. The zero-order valence-corrected chi connectivity index (χ0v) is 14.5. The van der Waals surface area contributed by atoms with Gasteiger partial charge in [0.15, 0.2) is 0 Å². The summed E-state index contributed by atoms with van der Waals surface area (Å²) in [5.74, 6) is 0.0514. The van der Waals surface area contributed by atoms with Gasteiger partial charge in [0.2, 0.25) is 0 Å². The second-order valence-corrected chi connectivity index (χ2v) is 6.53. The van der Waals surface area contributed by atoms with Gasteiger partial charge >= 0.3 is 0 Å². The Morgan fingerprint density at radius 2 is 1.67 bits per heavy atom. The van der Waals surface area contributed by atoms with Gasteiger partial charge in [0.25, 0.3) is 5.91 Å². The van der Waals surface area contributed by atoms with Crippen molar-refractivity contribution in [3.63, 3.8) is 0 Å². The Bertz CT molecular complexity index is 681. The molecule has 1 aromatic carbocycles. The number of carbonyl (C=O) groups excluding carboxylic acids is 1. The molecule has 1 N–H and O–H groups in total. The first-order valence-corrected chi connectivity index (χ1v) is 8.74. The first kappa shape index (κ1) is 16.5. The van der Waals surface area contributed by atoms with E-state index in [1.54, 1.807) is 6.20 Å². The van der Waals surface area contributed by atoms with Crippen LogP contribution < -0.4 is 5.32 Å². The maximum absolute atomic E-state index is 12.6. The van der Waals surface area contributed by atoms with E-state index < -0.39 is 0 Å². The fourth-order valence-corrected chi connectivity index (χ4v) is 3.19. The highest BCUT2D eigenvalue weighted by atomic mass is 16.2. The van der Waals surface area contributed by atoms with E-state index in [1.165, 1.54) is 24.0 Å². The second kappa shape index (κ2) is 7.47. The van der Waals surface area contributed by atoms with Crippen LogP contribution in [0, 0.1) is 13.8 Å². The molecule has 4 nitrogen and oxygen atoms in total. The summed E-state index contributed by atoms with van der Waals surface area (Å²) >= 11 is 0. The number of nitrogens with one attached hydrogen (secondary N) is 1. The van der Waals surface area contributed by atoms with Gasteiger partial charge in [-0.05, 0) is 49.9 Å². The molecule has 0 aliphatic carbocycles. The molecule has 1 aromatic heterocycles. The average molecular weight is 323 g/mol. The molecule has 3 rings (SSSR count). The largest absolute Gasteiger partial charge is 0.354 e. The summed E-state index contributed by atoms with van der Waals surface area (Å²) in [7, 11) is 0. The van der Waals surface area contributed by atoms with Gasteiger partial charge < -0.3 is 10.2 Å². The minimum atomic E-state index is 0.0514. The number of hydrogen-bond donors (Lipinski definition) is 1. The number of amides is 1. The Morgan fingerprint density at radius 1 is 1.00 bits per heavy atom. The number of carbonyl (C=O) groups is 1. The molecule has 0 radical (unpaired) electrons. The molecule has 0 unspecified atom stereocenters. The SMILES string of the molecule is Cc1cccc(C)c1Nc1ccc(C(=O)N2CCCCCC2)nc1. The summed E-state index contributed by atoms with van der Waals surface area (Å²) in [6, 6.07) is 9.98. The summed E-state index contributed by atoms with van der Waals surface area (Å²) in [5.41, 5.74) is 4.93. The summed E-state index contributed by atoms with van der Waals surface area (Å²) in [6.07, 6.45) is 6.37. The molecule has 4 heteroatoms. The highest BCUT2D eigenvalue weighted by molar-refractivity contribution is 5.92. The fourth-order valence-electron chi connectivity index (χ4n) is 3.19. The predicted octanol–water partition coefficient (Wildman–Crippen LogP) is 4.46. The third-order valence-electron chi connectivity index (χ3n) is 4.63. The molecular formula is C20H25N3O. The lowest BCUT2D eigenvalue weighted by Crippen LogP contribution is -2.32. The van der Waals surface area contributed by atoms with Crippen molar-refractivity contribution in [2.24, 2.45) is 0 Å². The van der Waals surface area contributed by atoms with Gasteiger partial charge in [-0.1, -0.05) is 31.0 Å². The first-order chi connectivity index (χ1) is 11.6. The van der Waals surface area contributed by atoms with Crippen molar-refractivity contribution in [1.29, 1.82) is 0 Å². The van der Waals surface area contributed by atoms with Gasteiger partial charge in [0.05, 0.1) is 11.9 Å². The van der Waals surface area contributed by atoms with Crippen molar-refractivity contribution in [2.45, 2.75) is 39.5 Å². The number of para-hydroxylation sites is 1. The monoisotopic (exact) mass is 323 g/mol. The lowest BCUT2D eigenvalue weighted by molar-refractivity contribution is 0.0756. The van der Waals surface area contributed by atoms with Crippen LogP contribution in [0.2, 0.25) is 0 Å². The number of rotatable bonds is 3. The van der Waals surface area contributed by atoms with E-state index in [2.05, 4.69) is 42.3 Å². The van der Waals surface area contributed by atoms with Crippen molar-refractivity contribution >= 4 is 17.3 Å². The normalized spacial score (nSPS) is 15.0. The van der Waals surface area contributed by atoms with Crippen LogP contribution in [0.4, 0.5) is 11.4 Å². The molecule has 0 bridgehead atoms. The van der Waals surface area contributed by atoms with Crippen molar-refractivity contribution in [2.75, 3.05) is 18.4 Å². The van der Waals surface area contributed by atoms with Gasteiger partial charge in [-0.2, -0.15) is 0 Å². The van der Waals surface area contributed by atoms with Crippen molar-refractivity contribution in [3.8, 4) is 0 Å². The smallest absolute Gasteiger partial charge is 0.272 e. The summed E-state index contributed by atoms with van der Waals surface area (Å²) in [5, 5.41) is 3.41. The number of benzene rings is 1. The molecule has 1 amide bonds. The number of likely N-dealkylation sites (tertiary alicyclic amines) is 1. The van der Waals surface area contributed by atoms with Crippen LogP contribution in [0.1, 0.15) is 47.3 Å². The minimum absolute atomic E-state index is 0.0514. The lowest BCUT2D eigenvalue weighted by atomic mass is 10.1. The third-order valence-corrected chi connectivity index (χ3v) is 4.63. The topological polar surface area (TPSA) is 45.2 Å². The number of aromatic nitrogens is 1. The first-order valence-electron chi connectivity index (χ1n) is 8.74. The van der Waals surface area contributed by atoms with Gasteiger partial charge in [-0.3, -0.25) is 4.79 Å². The number of nitrogens with zero attached hydrogens (tertiary/aromatic N) is 2. The second-order valence-electron chi connectivity index (χ2n) is 6.53. The van der Waals surface area contributed by atoms with E-state index in [-0.39, 0.29) is 5.91 Å². The quantitative estimate of drug-likeness (QED) is 0.907. The molecule has 2 heterocycles. The Kier molecular flexibility index (Phi) is 5.14. The minimum Gasteiger partial charge on any atom is -0.354 e. The van der Waals surface area contributed by atoms with Crippen LogP contribution in [0.5, 0.6) is 0 Å². The van der Waals surface area contributed by atoms with Crippen LogP contribution in [-0.4, -0.2) is 28.9 Å². The van der Waals surface area contributed by atoms with E-state index in [1.807, 2.05) is 17.0 Å². The van der Waals surface area contributed by atoms with Gasteiger partial charge in [-0.15, -0.1) is 0 Å². The molecule has 24 heavy (non-hydrogen) atoms. The highest BCUT2D eigenvalue weighted by Crippen LogP contribution is 2.24. The fraction of sp³-hybridized carbons (Fsp3) is 0.400. The summed E-state index contributed by atoms with van der Waals surface area (Å²) < 4.78 is 0. The zero-order chi connectivity index (χ0) is 16.9. The van der Waals surface area contributed by atoms with Crippen LogP contribution >= 0.6 is 0 Å². The van der Waals surface area contributed by atoms with E-state index in [0.29, 0.717) is 5.69 Å². The Morgan fingerprint density at radius 3 is 2.25 bits per heavy atom. The standard InChI is InChI=1S/C20H25N3O/c1-15-8-7-9-16(2)19(15)22-17-10-11-18(21-14-17)20(24)23-12-5-3-4-6-13-23/h7-11,14,22H,3-6,12-13H2,1-2H3. The number of aryl methyl sites for hydroxylation is 2. The van der Waals surface area contributed by atoms with Gasteiger partial charge in [0.1, 0.15) is 5.69 Å². The van der Waals surface area contributed by atoms with Gasteiger partial charge in [0, 0.05) is 18.8 Å². The van der Waals surface area contributed by atoms with Gasteiger partial charge in [-0.25, -0.2) is 4.98 Å². The maximum Gasteiger partial charge on any atom is 0.272 e. The van der Waals surface area contributed by atoms with E-state index in [0.717, 1.165) is 37.3 Å². The zero-order valence-electron chi connectivity index (χ0n) is 14.5. The number of anilines is 2. The molecule has 0 saturated carbocycles. The van der Waals surface area contributed by atoms with Crippen LogP contribution in [0.3, 0.4) is 0 Å². The van der Waals surface area contributed by atoms with Crippen LogP contribution in [0.15, 0.2) is 36.5 Å². The summed E-state index contributed by atoms with van der Waals surface area (Å²) in [4.78, 5) is 18.9. The Balaban J connectivity index is 1.72. The number of pyridine rings is 1. The lowest BCUT2D eigenvalue weighted by Gasteiger charge is -2.20. The van der Waals surface area contributed by atoms with Crippen LogP contribution in [0.25, 0.3) is 0 Å². The Hall–Kier alpha value is -2.36. The van der Waals surface area contributed by atoms with E-state index >= 15 is 0 Å². The molecule has 1 saturated heterocycles. The van der Waals surface area contributed by atoms with E-state index in [9.17, 15) is 4.79 Å². The predicted molar refractivity (Wildman–Crippen MR) is 97.8 cm³/mol. The molecule has 1 aliphatic heterocycles. The van der Waals surface area contributed by atoms with Crippen molar-refractivity contribution < 1.29 is 4.79 Å². The molecule has 2 aromatic rings. The third kappa shape index (κ3) is 3.75. The molecule has 1 fully saturated rings. The molecular weight excluding hydrogens is 298 g/mol.